The highest BCUT2D eigenvalue weighted by atomic mass is 127. The van der Waals surface area contributed by atoms with E-state index in [1.165, 1.54) is 7.11 Å². The van der Waals surface area contributed by atoms with Crippen LogP contribution in [0.5, 0.6) is 11.5 Å². The van der Waals surface area contributed by atoms with Gasteiger partial charge in [0.2, 0.25) is 0 Å². The van der Waals surface area contributed by atoms with Crippen LogP contribution < -0.4 is 14.8 Å². The minimum atomic E-state index is -0.937. The molecule has 2 rings (SSSR count). The fraction of sp³-hybridized carbons (Fsp3) is 0.235. The van der Waals surface area contributed by atoms with Crippen molar-refractivity contribution in [3.05, 3.63) is 46.8 Å². The Morgan fingerprint density at radius 2 is 1.56 bits per heavy atom. The van der Waals surface area contributed by atoms with Crippen molar-refractivity contribution >= 4 is 89.3 Å². The Balaban J connectivity index is 0.000000289. The molecule has 0 saturated carbocycles. The van der Waals surface area contributed by atoms with Crippen molar-refractivity contribution in [2.75, 3.05) is 19.5 Å². The van der Waals surface area contributed by atoms with Gasteiger partial charge < -0.3 is 19.9 Å². The third-order valence-corrected chi connectivity index (χ3v) is 6.42. The first-order valence-electron chi connectivity index (χ1n) is 7.31. The van der Waals surface area contributed by atoms with Gasteiger partial charge in [-0.3, -0.25) is 4.79 Å². The minimum Gasteiger partial charge on any atom is -0.496 e. The molecule has 0 bridgehead atoms. The summed E-state index contributed by atoms with van der Waals surface area (Å²) >= 11 is 20.5. The van der Waals surface area contributed by atoms with E-state index in [-0.39, 0.29) is 0 Å². The van der Waals surface area contributed by atoms with Crippen LogP contribution in [0.4, 0.5) is 5.69 Å². The predicted molar refractivity (Wildman–Crippen MR) is 125 cm³/mol. The van der Waals surface area contributed by atoms with Crippen molar-refractivity contribution < 1.29 is 19.4 Å². The van der Waals surface area contributed by atoms with Crippen molar-refractivity contribution in [1.82, 2.24) is 0 Å². The smallest absolute Gasteiger partial charge is 0.325 e. The summed E-state index contributed by atoms with van der Waals surface area (Å²) in [5.74, 6) is 0.369. The summed E-state index contributed by atoms with van der Waals surface area (Å²) in [6.07, 6.45) is 0. The Morgan fingerprint density at radius 3 is 2.04 bits per heavy atom. The van der Waals surface area contributed by atoms with E-state index in [2.05, 4.69) is 59.8 Å². The number of benzene rings is 2. The minimum absolute atomic E-state index is 0.501. The number of anilines is 1. The number of nitrogens with one attached hydrogen (secondary N) is 1. The molecule has 0 radical (unpaired) electrons. The lowest BCUT2D eigenvalue weighted by atomic mass is 10.2. The van der Waals surface area contributed by atoms with Crippen LogP contribution in [-0.4, -0.2) is 31.3 Å². The van der Waals surface area contributed by atoms with Gasteiger partial charge in [0.25, 0.3) is 0 Å². The summed E-state index contributed by atoms with van der Waals surface area (Å²) in [5.41, 5.74) is 0.577. The van der Waals surface area contributed by atoms with Crippen LogP contribution in [0.1, 0.15) is 6.92 Å². The summed E-state index contributed by atoms with van der Waals surface area (Å²) in [5, 5.41) is 12.8. The number of ether oxygens (including phenoxy) is 2. The number of hydrogen-bond acceptors (Lipinski definition) is 4. The maximum atomic E-state index is 10.7. The number of hydrogen-bond donors (Lipinski definition) is 2. The molecule has 0 saturated heterocycles. The van der Waals surface area contributed by atoms with E-state index < -0.39 is 12.0 Å². The van der Waals surface area contributed by atoms with Crippen LogP contribution in [-0.2, 0) is 4.79 Å². The number of halogens is 5. The molecule has 5 nitrogen and oxygen atoms in total. The van der Waals surface area contributed by atoms with Gasteiger partial charge in [-0.1, -0.05) is 23.2 Å². The van der Waals surface area contributed by atoms with Crippen molar-refractivity contribution in [3.63, 3.8) is 0 Å². The average Bonchev–Trinajstić information content (AvgIpc) is 2.61. The molecule has 2 aromatic rings. The molecule has 0 aliphatic rings. The van der Waals surface area contributed by atoms with Crippen LogP contribution in [0.2, 0.25) is 10.0 Å². The van der Waals surface area contributed by atoms with Gasteiger partial charge in [-0.15, -0.1) is 0 Å². The van der Waals surface area contributed by atoms with Crippen molar-refractivity contribution in [1.29, 1.82) is 0 Å². The molecule has 0 fully saturated rings. The molecular formula is C17H16Br2Cl2INO4. The quantitative estimate of drug-likeness (QED) is 0.277. The van der Waals surface area contributed by atoms with Gasteiger partial charge >= 0.3 is 5.97 Å². The van der Waals surface area contributed by atoms with Crippen molar-refractivity contribution in [3.8, 4) is 11.5 Å². The van der Waals surface area contributed by atoms with E-state index in [0.29, 0.717) is 26.0 Å². The van der Waals surface area contributed by atoms with Gasteiger partial charge in [0.15, 0.2) is 0 Å². The molecule has 0 spiro atoms. The third kappa shape index (κ3) is 7.49. The standard InChI is InChI=1S/C10H11BrClNO3.C7H5BrClIO/c1-5(10(14)15)13-8-3-6(11)7(12)4-9(8)16-2;1-11-7-3-5(9)4(8)2-6(7)10/h3-5,13H,1-2H3,(H,14,15);2-3H,1H3/t5-;/m0./s1. The predicted octanol–water partition coefficient (Wildman–Crippen LogP) is 6.71. The molecule has 0 aliphatic carbocycles. The van der Waals surface area contributed by atoms with Crippen LogP contribution in [0, 0.1) is 3.57 Å². The number of carboxylic acids is 1. The highest BCUT2D eigenvalue weighted by molar-refractivity contribution is 14.1. The molecule has 0 aliphatic heterocycles. The Labute approximate surface area is 198 Å². The SMILES string of the molecule is COc1cc(Cl)c(Br)cc1I.COc1cc(Cl)c(Br)cc1N[C@@H](C)C(=O)O. The lowest BCUT2D eigenvalue weighted by Gasteiger charge is -2.15. The number of aliphatic carboxylic acids is 1. The second-order valence-electron chi connectivity index (χ2n) is 5.07. The number of rotatable bonds is 5. The van der Waals surface area contributed by atoms with Gasteiger partial charge in [-0.2, -0.15) is 0 Å². The largest absolute Gasteiger partial charge is 0.496 e. The summed E-state index contributed by atoms with van der Waals surface area (Å²) in [6, 6.07) is 6.29. The van der Waals surface area contributed by atoms with E-state index in [1.54, 1.807) is 32.2 Å². The van der Waals surface area contributed by atoms with E-state index in [4.69, 9.17) is 37.8 Å². The van der Waals surface area contributed by atoms with E-state index in [0.717, 1.165) is 13.8 Å². The number of methoxy groups -OCH3 is 2. The Bertz CT molecular complexity index is 824. The van der Waals surface area contributed by atoms with Gasteiger partial charge in [-0.25, -0.2) is 0 Å². The molecule has 148 valence electrons. The molecule has 0 amide bonds. The van der Waals surface area contributed by atoms with E-state index in [1.807, 2.05) is 6.07 Å². The van der Waals surface area contributed by atoms with Crippen LogP contribution >= 0.6 is 77.7 Å². The summed E-state index contributed by atoms with van der Waals surface area (Å²) in [6.45, 7) is 1.55. The first-order valence-corrected chi connectivity index (χ1v) is 10.7. The summed E-state index contributed by atoms with van der Waals surface area (Å²) in [7, 11) is 3.12. The molecule has 10 heteroatoms. The Morgan fingerprint density at radius 1 is 1.07 bits per heavy atom. The molecule has 1 atom stereocenters. The topological polar surface area (TPSA) is 67.8 Å². The fourth-order valence-corrected chi connectivity index (χ4v) is 3.88. The fourth-order valence-electron chi connectivity index (χ4n) is 1.77. The Hall–Kier alpha value is -0.420. The van der Waals surface area contributed by atoms with Gasteiger partial charge in [0.05, 0.1) is 33.5 Å². The van der Waals surface area contributed by atoms with Gasteiger partial charge in [0, 0.05) is 21.1 Å². The number of carbonyl (C=O) groups is 1. The monoisotopic (exact) mass is 653 g/mol. The molecular weight excluding hydrogens is 640 g/mol. The van der Waals surface area contributed by atoms with Crippen molar-refractivity contribution in [2.45, 2.75) is 13.0 Å². The third-order valence-electron chi connectivity index (χ3n) is 3.18. The van der Waals surface area contributed by atoms with Gasteiger partial charge in [0.1, 0.15) is 17.5 Å². The molecule has 27 heavy (non-hydrogen) atoms. The van der Waals surface area contributed by atoms with E-state index >= 15 is 0 Å². The number of carboxylic acid groups (broad SMARTS) is 1. The lowest BCUT2D eigenvalue weighted by Crippen LogP contribution is -2.25. The zero-order valence-electron chi connectivity index (χ0n) is 14.4. The van der Waals surface area contributed by atoms with Crippen LogP contribution in [0.15, 0.2) is 33.2 Å². The highest BCUT2D eigenvalue weighted by Crippen LogP contribution is 2.34. The zero-order valence-corrected chi connectivity index (χ0v) is 21.3. The second kappa shape index (κ2) is 11.5. The zero-order chi connectivity index (χ0) is 20.7. The maximum absolute atomic E-state index is 10.7. The van der Waals surface area contributed by atoms with E-state index in [9.17, 15) is 4.79 Å². The summed E-state index contributed by atoms with van der Waals surface area (Å²) < 4.78 is 12.8. The molecule has 0 unspecified atom stereocenters. The van der Waals surface area contributed by atoms with Crippen LogP contribution in [0.25, 0.3) is 0 Å². The average molecular weight is 656 g/mol. The summed E-state index contributed by atoms with van der Waals surface area (Å²) in [4.78, 5) is 10.7. The molecule has 2 N–H and O–H groups in total. The first kappa shape index (κ1) is 24.6. The Kier molecular flexibility index (Phi) is 10.5. The van der Waals surface area contributed by atoms with Crippen molar-refractivity contribution in [2.24, 2.45) is 0 Å². The van der Waals surface area contributed by atoms with Gasteiger partial charge in [-0.05, 0) is 73.5 Å². The second-order valence-corrected chi connectivity index (χ2v) is 8.76. The highest BCUT2D eigenvalue weighted by Gasteiger charge is 2.14. The maximum Gasteiger partial charge on any atom is 0.325 e. The molecule has 2 aromatic carbocycles. The molecule has 0 aromatic heterocycles. The van der Waals surface area contributed by atoms with Crippen LogP contribution in [0.3, 0.4) is 0 Å². The lowest BCUT2D eigenvalue weighted by molar-refractivity contribution is -0.137. The first-order chi connectivity index (χ1) is 12.6. The molecule has 0 heterocycles. The normalized spacial score (nSPS) is 11.1.